The summed E-state index contributed by atoms with van der Waals surface area (Å²) in [6, 6.07) is 9.62. The van der Waals surface area contributed by atoms with Crippen LogP contribution in [0.5, 0.6) is 5.75 Å². The predicted molar refractivity (Wildman–Crippen MR) is 104 cm³/mol. The molecule has 5 heteroatoms. The van der Waals surface area contributed by atoms with Crippen LogP contribution in [0.15, 0.2) is 42.7 Å². The molecule has 5 nitrogen and oxygen atoms in total. The molecule has 1 amide bonds. The number of ether oxygens (including phenoxy) is 1. The maximum Gasteiger partial charge on any atom is 0.257 e. The highest BCUT2D eigenvalue weighted by Gasteiger charge is 2.23. The molecule has 3 rings (SSSR count). The van der Waals surface area contributed by atoms with Crippen molar-refractivity contribution in [2.24, 2.45) is 0 Å². The molecule has 1 fully saturated rings. The highest BCUT2D eigenvalue weighted by molar-refractivity contribution is 5.97. The Morgan fingerprint density at radius 2 is 2.00 bits per heavy atom. The highest BCUT2D eigenvalue weighted by atomic mass is 16.5. The fourth-order valence-electron chi connectivity index (χ4n) is 3.33. The summed E-state index contributed by atoms with van der Waals surface area (Å²) >= 11 is 0. The van der Waals surface area contributed by atoms with Crippen molar-refractivity contribution < 1.29 is 9.53 Å². The van der Waals surface area contributed by atoms with E-state index in [0.717, 1.165) is 32.5 Å². The van der Waals surface area contributed by atoms with Crippen LogP contribution < -0.4 is 9.64 Å². The maximum atomic E-state index is 13.1. The number of benzene rings is 1. The summed E-state index contributed by atoms with van der Waals surface area (Å²) < 4.78 is 5.77. The lowest BCUT2D eigenvalue weighted by atomic mass is 10.1. The van der Waals surface area contributed by atoms with Gasteiger partial charge in [-0.2, -0.15) is 0 Å². The number of hydrogen-bond acceptors (Lipinski definition) is 4. The SMILES string of the molecule is CCCOc1ccccc1C(=O)N1CCCN(c2ccncc2C)CC1. The number of para-hydroxylation sites is 1. The Kier molecular flexibility index (Phi) is 6.10. The normalized spacial score (nSPS) is 14.8. The number of hydrogen-bond donors (Lipinski definition) is 0. The van der Waals surface area contributed by atoms with E-state index in [2.05, 4.69) is 29.8 Å². The Morgan fingerprint density at radius 3 is 2.81 bits per heavy atom. The van der Waals surface area contributed by atoms with E-state index in [1.807, 2.05) is 41.6 Å². The molecule has 1 aromatic heterocycles. The van der Waals surface area contributed by atoms with Gasteiger partial charge < -0.3 is 14.5 Å². The Balaban J connectivity index is 1.71. The van der Waals surface area contributed by atoms with E-state index in [4.69, 9.17) is 4.74 Å². The van der Waals surface area contributed by atoms with Crippen LogP contribution in [-0.4, -0.2) is 48.6 Å². The van der Waals surface area contributed by atoms with Gasteiger partial charge in [0.1, 0.15) is 5.75 Å². The van der Waals surface area contributed by atoms with E-state index in [1.54, 1.807) is 0 Å². The van der Waals surface area contributed by atoms with E-state index < -0.39 is 0 Å². The number of nitrogens with zero attached hydrogens (tertiary/aromatic N) is 3. The Morgan fingerprint density at radius 1 is 1.15 bits per heavy atom. The van der Waals surface area contributed by atoms with Crippen LogP contribution in [0.4, 0.5) is 5.69 Å². The number of anilines is 1. The van der Waals surface area contributed by atoms with Gasteiger partial charge in [0.2, 0.25) is 0 Å². The van der Waals surface area contributed by atoms with Gasteiger partial charge in [-0.3, -0.25) is 9.78 Å². The summed E-state index contributed by atoms with van der Waals surface area (Å²) in [5, 5.41) is 0. The number of pyridine rings is 1. The largest absolute Gasteiger partial charge is 0.493 e. The van der Waals surface area contributed by atoms with Crippen molar-refractivity contribution in [2.45, 2.75) is 26.7 Å². The highest BCUT2D eigenvalue weighted by Crippen LogP contribution is 2.23. The van der Waals surface area contributed by atoms with Gasteiger partial charge in [0, 0.05) is 44.3 Å². The molecule has 0 spiro atoms. The lowest BCUT2D eigenvalue weighted by Crippen LogP contribution is -2.35. The van der Waals surface area contributed by atoms with Crippen molar-refractivity contribution in [2.75, 3.05) is 37.7 Å². The zero-order valence-corrected chi connectivity index (χ0v) is 15.6. The lowest BCUT2D eigenvalue weighted by Gasteiger charge is -2.25. The fourth-order valence-corrected chi connectivity index (χ4v) is 3.33. The molecule has 2 heterocycles. The van der Waals surface area contributed by atoms with Gasteiger partial charge in [-0.25, -0.2) is 0 Å². The molecular weight excluding hydrogens is 326 g/mol. The molecule has 0 unspecified atom stereocenters. The number of amides is 1. The molecule has 0 bridgehead atoms. The summed E-state index contributed by atoms with van der Waals surface area (Å²) in [4.78, 5) is 21.5. The number of rotatable bonds is 5. The van der Waals surface area contributed by atoms with E-state index in [1.165, 1.54) is 11.3 Å². The number of aryl methyl sites for hydroxylation is 1. The quantitative estimate of drug-likeness (QED) is 0.825. The van der Waals surface area contributed by atoms with Gasteiger partial charge >= 0.3 is 0 Å². The first-order chi connectivity index (χ1) is 12.7. The number of carbonyl (C=O) groups is 1. The summed E-state index contributed by atoms with van der Waals surface area (Å²) in [6.45, 7) is 8.02. The Labute approximate surface area is 155 Å². The third kappa shape index (κ3) is 4.15. The van der Waals surface area contributed by atoms with E-state index in [0.29, 0.717) is 24.5 Å². The van der Waals surface area contributed by atoms with Crippen molar-refractivity contribution in [3.63, 3.8) is 0 Å². The minimum Gasteiger partial charge on any atom is -0.493 e. The van der Waals surface area contributed by atoms with Crippen LogP contribution in [-0.2, 0) is 0 Å². The van der Waals surface area contributed by atoms with Crippen LogP contribution in [0.2, 0.25) is 0 Å². The third-order valence-electron chi connectivity index (χ3n) is 4.69. The smallest absolute Gasteiger partial charge is 0.257 e. The Bertz CT molecular complexity index is 748. The van der Waals surface area contributed by atoms with Crippen LogP contribution in [0.1, 0.15) is 35.7 Å². The molecule has 2 aromatic rings. The van der Waals surface area contributed by atoms with Crippen molar-refractivity contribution in [1.82, 2.24) is 9.88 Å². The van der Waals surface area contributed by atoms with Gasteiger partial charge in [-0.15, -0.1) is 0 Å². The van der Waals surface area contributed by atoms with Crippen LogP contribution in [0.25, 0.3) is 0 Å². The molecular formula is C21H27N3O2. The second kappa shape index (κ2) is 8.70. The van der Waals surface area contributed by atoms with Gasteiger partial charge in [0.25, 0.3) is 5.91 Å². The molecule has 0 saturated carbocycles. The molecule has 0 atom stereocenters. The molecule has 1 aliphatic heterocycles. The maximum absolute atomic E-state index is 13.1. The number of aromatic nitrogens is 1. The first kappa shape index (κ1) is 18.2. The summed E-state index contributed by atoms with van der Waals surface area (Å²) in [6.07, 6.45) is 5.60. The van der Waals surface area contributed by atoms with Gasteiger partial charge in [-0.1, -0.05) is 19.1 Å². The van der Waals surface area contributed by atoms with Crippen LogP contribution in [0, 0.1) is 6.92 Å². The number of carbonyl (C=O) groups excluding carboxylic acids is 1. The molecule has 0 aliphatic carbocycles. The average Bonchev–Trinajstić information content (AvgIpc) is 2.92. The molecule has 0 radical (unpaired) electrons. The van der Waals surface area contributed by atoms with Gasteiger partial charge in [0.05, 0.1) is 12.2 Å². The van der Waals surface area contributed by atoms with Crippen molar-refractivity contribution in [3.05, 3.63) is 53.9 Å². The monoisotopic (exact) mass is 353 g/mol. The van der Waals surface area contributed by atoms with E-state index in [9.17, 15) is 4.79 Å². The van der Waals surface area contributed by atoms with Crippen molar-refractivity contribution >= 4 is 11.6 Å². The predicted octanol–water partition coefficient (Wildman–Crippen LogP) is 3.53. The minimum atomic E-state index is 0.0602. The second-order valence-electron chi connectivity index (χ2n) is 6.64. The molecule has 0 N–H and O–H groups in total. The molecule has 138 valence electrons. The zero-order chi connectivity index (χ0) is 18.4. The van der Waals surface area contributed by atoms with E-state index in [-0.39, 0.29) is 5.91 Å². The van der Waals surface area contributed by atoms with E-state index >= 15 is 0 Å². The van der Waals surface area contributed by atoms with Crippen LogP contribution >= 0.6 is 0 Å². The van der Waals surface area contributed by atoms with Gasteiger partial charge in [0.15, 0.2) is 0 Å². The van der Waals surface area contributed by atoms with Gasteiger partial charge in [-0.05, 0) is 43.5 Å². The van der Waals surface area contributed by atoms with Crippen molar-refractivity contribution in [1.29, 1.82) is 0 Å². The molecule has 1 aliphatic rings. The molecule has 1 saturated heterocycles. The minimum absolute atomic E-state index is 0.0602. The molecule has 26 heavy (non-hydrogen) atoms. The first-order valence-corrected chi connectivity index (χ1v) is 9.37. The average molecular weight is 353 g/mol. The topological polar surface area (TPSA) is 45.7 Å². The summed E-state index contributed by atoms with van der Waals surface area (Å²) in [7, 11) is 0. The Hall–Kier alpha value is -2.56. The third-order valence-corrected chi connectivity index (χ3v) is 4.69. The summed E-state index contributed by atoms with van der Waals surface area (Å²) in [5.74, 6) is 0.746. The van der Waals surface area contributed by atoms with Crippen molar-refractivity contribution in [3.8, 4) is 5.75 Å². The molecule has 1 aromatic carbocycles. The lowest BCUT2D eigenvalue weighted by molar-refractivity contribution is 0.0762. The summed E-state index contributed by atoms with van der Waals surface area (Å²) in [5.41, 5.74) is 3.04. The second-order valence-corrected chi connectivity index (χ2v) is 6.64. The fraction of sp³-hybridized carbons (Fsp3) is 0.429. The van der Waals surface area contributed by atoms with Crippen LogP contribution in [0.3, 0.4) is 0 Å². The zero-order valence-electron chi connectivity index (χ0n) is 15.6. The first-order valence-electron chi connectivity index (χ1n) is 9.37. The standard InChI is InChI=1S/C21H27N3O2/c1-3-15-26-20-8-5-4-7-18(20)21(25)24-12-6-11-23(13-14-24)19-9-10-22-16-17(19)2/h4-5,7-10,16H,3,6,11-15H2,1-2H3.